The maximum atomic E-state index is 12.1. The van der Waals surface area contributed by atoms with Crippen LogP contribution in [0.4, 0.5) is 13.2 Å². The van der Waals surface area contributed by atoms with E-state index in [1.54, 1.807) is 0 Å². The SMILES string of the molecule is FC(F)(F)CC(Br)c1ccc(Cl)cc1Cl. The molecule has 0 aliphatic heterocycles. The molecule has 0 saturated carbocycles. The molecule has 0 spiro atoms. The van der Waals surface area contributed by atoms with Crippen LogP contribution >= 0.6 is 39.1 Å². The predicted molar refractivity (Wildman–Crippen MR) is 58.8 cm³/mol. The molecule has 6 heteroatoms. The molecule has 1 aromatic rings. The van der Waals surface area contributed by atoms with Gasteiger partial charge in [-0.3, -0.25) is 0 Å². The summed E-state index contributed by atoms with van der Waals surface area (Å²) in [4.78, 5) is -0.845. The molecule has 84 valence electrons. The molecule has 15 heavy (non-hydrogen) atoms. The first-order chi connectivity index (χ1) is 6.79. The molecule has 0 aliphatic carbocycles. The molecule has 0 amide bonds. The zero-order valence-electron chi connectivity index (χ0n) is 7.28. The third-order valence-electron chi connectivity index (χ3n) is 1.71. The molecule has 0 saturated heterocycles. The smallest absolute Gasteiger partial charge is 0.171 e. The molecule has 0 nitrogen and oxygen atoms in total. The highest BCUT2D eigenvalue weighted by atomic mass is 79.9. The van der Waals surface area contributed by atoms with E-state index in [0.717, 1.165) is 0 Å². The van der Waals surface area contributed by atoms with E-state index in [9.17, 15) is 13.2 Å². The van der Waals surface area contributed by atoms with Crippen LogP contribution in [0.1, 0.15) is 16.8 Å². The maximum Gasteiger partial charge on any atom is 0.390 e. The second-order valence-corrected chi connectivity index (χ2v) is 4.90. The number of halogens is 6. The number of hydrogen-bond acceptors (Lipinski definition) is 0. The van der Waals surface area contributed by atoms with Crippen LogP contribution in [0.2, 0.25) is 10.0 Å². The molecule has 0 fully saturated rings. The second kappa shape index (κ2) is 4.93. The average molecular weight is 322 g/mol. The maximum absolute atomic E-state index is 12.1. The van der Waals surface area contributed by atoms with Crippen molar-refractivity contribution in [3.8, 4) is 0 Å². The molecular weight excluding hydrogens is 316 g/mol. The zero-order valence-corrected chi connectivity index (χ0v) is 10.4. The summed E-state index contributed by atoms with van der Waals surface area (Å²) in [5.74, 6) is 0. The highest BCUT2D eigenvalue weighted by Crippen LogP contribution is 2.38. The Morgan fingerprint density at radius 2 is 1.87 bits per heavy atom. The highest BCUT2D eigenvalue weighted by Gasteiger charge is 2.32. The van der Waals surface area contributed by atoms with Gasteiger partial charge in [0, 0.05) is 14.9 Å². The first-order valence-electron chi connectivity index (χ1n) is 3.95. The van der Waals surface area contributed by atoms with Crippen LogP contribution in [0.3, 0.4) is 0 Å². The van der Waals surface area contributed by atoms with Gasteiger partial charge in [0.25, 0.3) is 0 Å². The predicted octanol–water partition coefficient (Wildman–Crippen LogP) is 5.38. The van der Waals surface area contributed by atoms with Gasteiger partial charge in [0.1, 0.15) is 0 Å². The van der Waals surface area contributed by atoms with Gasteiger partial charge in [-0.2, -0.15) is 13.2 Å². The van der Waals surface area contributed by atoms with Gasteiger partial charge in [-0.05, 0) is 17.7 Å². The third-order valence-corrected chi connectivity index (χ3v) is 3.09. The van der Waals surface area contributed by atoms with Gasteiger partial charge in [-0.15, -0.1) is 0 Å². The fraction of sp³-hybridized carbons (Fsp3) is 0.333. The Kier molecular flexibility index (Phi) is 4.32. The van der Waals surface area contributed by atoms with Crippen molar-refractivity contribution in [2.24, 2.45) is 0 Å². The minimum atomic E-state index is -4.23. The number of hydrogen-bond donors (Lipinski definition) is 0. The minimum Gasteiger partial charge on any atom is -0.171 e. The summed E-state index contributed by atoms with van der Waals surface area (Å²) >= 11 is 14.4. The van der Waals surface area contributed by atoms with Crippen molar-refractivity contribution >= 4 is 39.1 Å². The Morgan fingerprint density at radius 1 is 1.27 bits per heavy atom. The van der Waals surface area contributed by atoms with Crippen molar-refractivity contribution in [2.75, 3.05) is 0 Å². The van der Waals surface area contributed by atoms with Gasteiger partial charge in [0.15, 0.2) is 0 Å². The molecule has 0 bridgehead atoms. The summed E-state index contributed by atoms with van der Waals surface area (Å²) in [5.41, 5.74) is 0.387. The standard InChI is InChI=1S/C9H6BrCl2F3/c10-7(4-9(13,14)15)6-2-1-5(11)3-8(6)12/h1-3,7H,4H2. The van der Waals surface area contributed by atoms with Crippen LogP contribution in [0.15, 0.2) is 18.2 Å². The molecular formula is C9H6BrCl2F3. The zero-order chi connectivity index (χ0) is 11.6. The number of benzene rings is 1. The minimum absolute atomic E-state index is 0.230. The molecule has 0 heterocycles. The van der Waals surface area contributed by atoms with Gasteiger partial charge in [0.05, 0.1) is 6.42 Å². The molecule has 0 radical (unpaired) electrons. The lowest BCUT2D eigenvalue weighted by molar-refractivity contribution is -0.134. The van der Waals surface area contributed by atoms with E-state index in [2.05, 4.69) is 15.9 Å². The van der Waals surface area contributed by atoms with Crippen LogP contribution in [0, 0.1) is 0 Å². The van der Waals surface area contributed by atoms with Gasteiger partial charge in [-0.25, -0.2) is 0 Å². The number of alkyl halides is 4. The van der Waals surface area contributed by atoms with E-state index in [4.69, 9.17) is 23.2 Å². The lowest BCUT2D eigenvalue weighted by Gasteiger charge is -2.14. The van der Waals surface area contributed by atoms with Crippen molar-refractivity contribution in [3.63, 3.8) is 0 Å². The lowest BCUT2D eigenvalue weighted by Crippen LogP contribution is -2.10. The third kappa shape index (κ3) is 4.21. The fourth-order valence-corrected chi connectivity index (χ4v) is 2.51. The summed E-state index contributed by atoms with van der Waals surface area (Å²) in [6, 6.07) is 4.41. The Labute approximate surface area is 103 Å². The quantitative estimate of drug-likeness (QED) is 0.641. The summed E-state index contributed by atoms with van der Waals surface area (Å²) in [6.07, 6.45) is -5.19. The molecule has 0 aromatic heterocycles. The highest BCUT2D eigenvalue weighted by molar-refractivity contribution is 9.09. The van der Waals surface area contributed by atoms with Crippen molar-refractivity contribution in [1.82, 2.24) is 0 Å². The van der Waals surface area contributed by atoms with E-state index in [0.29, 0.717) is 10.6 Å². The Balaban J connectivity index is 2.87. The van der Waals surface area contributed by atoms with Crippen molar-refractivity contribution in [1.29, 1.82) is 0 Å². The van der Waals surface area contributed by atoms with Crippen molar-refractivity contribution < 1.29 is 13.2 Å². The number of rotatable bonds is 2. The van der Waals surface area contributed by atoms with Crippen LogP contribution in [0.25, 0.3) is 0 Å². The van der Waals surface area contributed by atoms with Crippen LogP contribution in [-0.4, -0.2) is 6.18 Å². The Bertz CT molecular complexity index is 352. The summed E-state index contributed by atoms with van der Waals surface area (Å²) < 4.78 is 36.3. The molecule has 1 unspecified atom stereocenters. The molecule has 1 atom stereocenters. The largest absolute Gasteiger partial charge is 0.390 e. The van der Waals surface area contributed by atoms with E-state index in [-0.39, 0.29) is 5.02 Å². The van der Waals surface area contributed by atoms with Crippen molar-refractivity contribution in [3.05, 3.63) is 33.8 Å². The topological polar surface area (TPSA) is 0 Å². The average Bonchev–Trinajstić information content (AvgIpc) is 1.99. The van der Waals surface area contributed by atoms with E-state index < -0.39 is 17.4 Å². The van der Waals surface area contributed by atoms with E-state index >= 15 is 0 Å². The summed E-state index contributed by atoms with van der Waals surface area (Å²) in [5, 5.41) is 0.629. The molecule has 0 aliphatic rings. The normalized spacial score (nSPS) is 14.0. The molecule has 1 rings (SSSR count). The molecule has 0 N–H and O–H groups in total. The summed E-state index contributed by atoms with van der Waals surface area (Å²) in [7, 11) is 0. The van der Waals surface area contributed by atoms with Crippen LogP contribution in [0.5, 0.6) is 0 Å². The Morgan fingerprint density at radius 3 is 2.33 bits per heavy atom. The summed E-state index contributed by atoms with van der Waals surface area (Å²) in [6.45, 7) is 0. The second-order valence-electron chi connectivity index (χ2n) is 2.95. The van der Waals surface area contributed by atoms with E-state index in [1.165, 1.54) is 18.2 Å². The fourth-order valence-electron chi connectivity index (χ4n) is 1.07. The van der Waals surface area contributed by atoms with Gasteiger partial charge >= 0.3 is 6.18 Å². The van der Waals surface area contributed by atoms with Gasteiger partial charge in [0.2, 0.25) is 0 Å². The van der Waals surface area contributed by atoms with Gasteiger partial charge in [-0.1, -0.05) is 45.2 Å². The lowest BCUT2D eigenvalue weighted by atomic mass is 10.1. The Hall–Kier alpha value is 0.0700. The first-order valence-corrected chi connectivity index (χ1v) is 5.62. The van der Waals surface area contributed by atoms with Crippen LogP contribution in [-0.2, 0) is 0 Å². The van der Waals surface area contributed by atoms with Gasteiger partial charge < -0.3 is 0 Å². The van der Waals surface area contributed by atoms with E-state index in [1.807, 2.05) is 0 Å². The molecule has 1 aromatic carbocycles. The van der Waals surface area contributed by atoms with Crippen LogP contribution < -0.4 is 0 Å². The monoisotopic (exact) mass is 320 g/mol. The first kappa shape index (κ1) is 13.1. The van der Waals surface area contributed by atoms with Crippen molar-refractivity contribution in [2.45, 2.75) is 17.4 Å².